The Hall–Kier alpha value is -2.55. The van der Waals surface area contributed by atoms with E-state index in [1.807, 2.05) is 6.07 Å². The van der Waals surface area contributed by atoms with Crippen molar-refractivity contribution in [1.29, 1.82) is 5.26 Å². The molecule has 2 rings (SSSR count). The number of pyridine rings is 1. The molecule has 1 N–H and O–H groups in total. The highest BCUT2D eigenvalue weighted by atomic mass is 19.4. The third-order valence-electron chi connectivity index (χ3n) is 2.79. The molecule has 0 aliphatic rings. The summed E-state index contributed by atoms with van der Waals surface area (Å²) in [6.07, 6.45) is -3.63. The molecule has 0 amide bonds. The lowest BCUT2D eigenvalue weighted by Crippen LogP contribution is -2.08. The van der Waals surface area contributed by atoms with Crippen molar-refractivity contribution in [2.75, 3.05) is 5.32 Å². The van der Waals surface area contributed by atoms with Gasteiger partial charge < -0.3 is 5.32 Å². The maximum Gasteiger partial charge on any atom is 0.389 e. The lowest BCUT2D eigenvalue weighted by atomic mass is 10.1. The highest BCUT2D eigenvalue weighted by Crippen LogP contribution is 2.23. The molecule has 0 unspecified atom stereocenters. The number of benzene rings is 1. The van der Waals surface area contributed by atoms with Crippen LogP contribution < -0.4 is 5.32 Å². The molecule has 0 aliphatic carbocycles. The first kappa shape index (κ1) is 14.9. The van der Waals surface area contributed by atoms with Crippen LogP contribution in [0, 0.1) is 11.3 Å². The van der Waals surface area contributed by atoms with Crippen LogP contribution in [0.25, 0.3) is 0 Å². The predicted octanol–water partition coefficient (Wildman–Crippen LogP) is 4.19. The van der Waals surface area contributed by atoms with Gasteiger partial charge in [0.15, 0.2) is 0 Å². The van der Waals surface area contributed by atoms with Gasteiger partial charge in [0.1, 0.15) is 11.9 Å². The number of alkyl halides is 3. The van der Waals surface area contributed by atoms with E-state index in [0.29, 0.717) is 22.6 Å². The van der Waals surface area contributed by atoms with E-state index in [2.05, 4.69) is 10.3 Å². The molecule has 2 aromatic rings. The Labute approximate surface area is 120 Å². The van der Waals surface area contributed by atoms with E-state index >= 15 is 0 Å². The Kier molecular flexibility index (Phi) is 4.43. The minimum absolute atomic E-state index is 0.0557. The van der Waals surface area contributed by atoms with Crippen molar-refractivity contribution in [3.8, 4) is 6.07 Å². The van der Waals surface area contributed by atoms with Gasteiger partial charge in [0, 0.05) is 18.3 Å². The van der Waals surface area contributed by atoms with Crippen LogP contribution in [0.3, 0.4) is 0 Å². The lowest BCUT2D eigenvalue weighted by Gasteiger charge is -2.09. The van der Waals surface area contributed by atoms with Crippen LogP contribution >= 0.6 is 0 Å². The van der Waals surface area contributed by atoms with Crippen LogP contribution in [0.5, 0.6) is 0 Å². The van der Waals surface area contributed by atoms with Crippen molar-refractivity contribution in [2.45, 2.75) is 19.0 Å². The SMILES string of the molecule is N#Cc1ccc(Nc2cccc(CCC(F)(F)F)c2)nc1. The Morgan fingerprint density at radius 2 is 2.00 bits per heavy atom. The quantitative estimate of drug-likeness (QED) is 0.918. The van der Waals surface area contributed by atoms with Gasteiger partial charge in [0.05, 0.1) is 5.56 Å². The molecule has 3 nitrogen and oxygen atoms in total. The fourth-order valence-electron chi connectivity index (χ4n) is 1.77. The third kappa shape index (κ3) is 4.80. The number of nitrogens with one attached hydrogen (secondary N) is 1. The summed E-state index contributed by atoms with van der Waals surface area (Å²) >= 11 is 0. The minimum atomic E-state index is -4.15. The summed E-state index contributed by atoms with van der Waals surface area (Å²) in [5, 5.41) is 11.7. The van der Waals surface area contributed by atoms with Gasteiger partial charge in [-0.2, -0.15) is 18.4 Å². The lowest BCUT2D eigenvalue weighted by molar-refractivity contribution is -0.133. The summed E-state index contributed by atoms with van der Waals surface area (Å²) in [5.41, 5.74) is 1.71. The average Bonchev–Trinajstić information content (AvgIpc) is 2.46. The molecule has 1 aromatic carbocycles. The van der Waals surface area contributed by atoms with Gasteiger partial charge in [-0.05, 0) is 36.2 Å². The maximum absolute atomic E-state index is 12.2. The molecule has 0 aliphatic heterocycles. The molecule has 6 heteroatoms. The summed E-state index contributed by atoms with van der Waals surface area (Å²) in [6.45, 7) is 0. The predicted molar refractivity (Wildman–Crippen MR) is 73.1 cm³/mol. The fraction of sp³-hybridized carbons (Fsp3) is 0.200. The first-order valence-electron chi connectivity index (χ1n) is 6.25. The molecule has 1 heterocycles. The first-order chi connectivity index (χ1) is 9.96. The molecular formula is C15H12F3N3. The van der Waals surface area contributed by atoms with E-state index in [0.717, 1.165) is 0 Å². The summed E-state index contributed by atoms with van der Waals surface area (Å²) in [5.74, 6) is 0.530. The number of anilines is 2. The van der Waals surface area contributed by atoms with Gasteiger partial charge in [0.2, 0.25) is 0 Å². The molecular weight excluding hydrogens is 279 g/mol. The number of hydrogen-bond donors (Lipinski definition) is 1. The van der Waals surface area contributed by atoms with E-state index in [-0.39, 0.29) is 6.42 Å². The molecule has 0 saturated heterocycles. The minimum Gasteiger partial charge on any atom is -0.340 e. The fourth-order valence-corrected chi connectivity index (χ4v) is 1.77. The second kappa shape index (κ2) is 6.27. The van der Waals surface area contributed by atoms with Crippen LogP contribution in [-0.2, 0) is 6.42 Å². The van der Waals surface area contributed by atoms with E-state index in [1.54, 1.807) is 36.4 Å². The molecule has 0 radical (unpaired) electrons. The average molecular weight is 291 g/mol. The van der Waals surface area contributed by atoms with E-state index in [4.69, 9.17) is 5.26 Å². The van der Waals surface area contributed by atoms with Crippen LogP contribution in [0.1, 0.15) is 17.5 Å². The van der Waals surface area contributed by atoms with Crippen molar-refractivity contribution in [1.82, 2.24) is 4.98 Å². The number of halogens is 3. The monoisotopic (exact) mass is 291 g/mol. The van der Waals surface area contributed by atoms with Gasteiger partial charge >= 0.3 is 6.18 Å². The largest absolute Gasteiger partial charge is 0.389 e. The summed E-state index contributed by atoms with van der Waals surface area (Å²) in [6, 6.07) is 12.0. The standard InChI is InChI=1S/C15H12F3N3/c16-15(17,18)7-6-11-2-1-3-13(8-11)21-14-5-4-12(9-19)10-20-14/h1-5,8,10H,6-7H2,(H,20,21). The molecule has 0 saturated carbocycles. The summed E-state index contributed by atoms with van der Waals surface area (Å²) in [4.78, 5) is 4.05. The zero-order chi connectivity index (χ0) is 15.3. The van der Waals surface area contributed by atoms with E-state index in [9.17, 15) is 13.2 Å². The van der Waals surface area contributed by atoms with Crippen molar-refractivity contribution in [3.05, 3.63) is 53.7 Å². The third-order valence-corrected chi connectivity index (χ3v) is 2.79. The number of rotatable bonds is 4. The highest BCUT2D eigenvalue weighted by molar-refractivity contribution is 5.57. The van der Waals surface area contributed by atoms with E-state index in [1.165, 1.54) is 6.20 Å². The second-order valence-electron chi connectivity index (χ2n) is 4.48. The topological polar surface area (TPSA) is 48.7 Å². The molecule has 21 heavy (non-hydrogen) atoms. The van der Waals surface area contributed by atoms with Gasteiger partial charge in [-0.25, -0.2) is 4.98 Å². The molecule has 0 spiro atoms. The highest BCUT2D eigenvalue weighted by Gasteiger charge is 2.26. The van der Waals surface area contributed by atoms with E-state index < -0.39 is 12.6 Å². The van der Waals surface area contributed by atoms with Gasteiger partial charge in [-0.15, -0.1) is 0 Å². The number of hydrogen-bond acceptors (Lipinski definition) is 3. The maximum atomic E-state index is 12.2. The number of aryl methyl sites for hydroxylation is 1. The summed E-state index contributed by atoms with van der Waals surface area (Å²) < 4.78 is 36.6. The van der Waals surface area contributed by atoms with Crippen LogP contribution in [0.4, 0.5) is 24.7 Å². The normalized spacial score (nSPS) is 11.0. The van der Waals surface area contributed by atoms with Crippen molar-refractivity contribution >= 4 is 11.5 Å². The van der Waals surface area contributed by atoms with Crippen LogP contribution in [-0.4, -0.2) is 11.2 Å². The zero-order valence-electron chi connectivity index (χ0n) is 11.0. The van der Waals surface area contributed by atoms with Crippen molar-refractivity contribution < 1.29 is 13.2 Å². The second-order valence-corrected chi connectivity index (χ2v) is 4.48. The summed E-state index contributed by atoms with van der Waals surface area (Å²) in [7, 11) is 0. The first-order valence-corrected chi connectivity index (χ1v) is 6.25. The molecule has 0 atom stereocenters. The van der Waals surface area contributed by atoms with Gasteiger partial charge in [-0.1, -0.05) is 12.1 Å². The molecule has 0 bridgehead atoms. The van der Waals surface area contributed by atoms with Crippen molar-refractivity contribution in [3.63, 3.8) is 0 Å². The van der Waals surface area contributed by atoms with Gasteiger partial charge in [-0.3, -0.25) is 0 Å². The van der Waals surface area contributed by atoms with Gasteiger partial charge in [0.25, 0.3) is 0 Å². The zero-order valence-corrected chi connectivity index (χ0v) is 11.0. The Morgan fingerprint density at radius 3 is 2.62 bits per heavy atom. The Morgan fingerprint density at radius 1 is 1.19 bits per heavy atom. The van der Waals surface area contributed by atoms with Crippen LogP contribution in [0.2, 0.25) is 0 Å². The van der Waals surface area contributed by atoms with Crippen LogP contribution in [0.15, 0.2) is 42.6 Å². The molecule has 1 aromatic heterocycles. The smallest absolute Gasteiger partial charge is 0.340 e. The number of aromatic nitrogens is 1. The number of nitrogens with zero attached hydrogens (tertiary/aromatic N) is 2. The molecule has 0 fully saturated rings. The Balaban J connectivity index is 2.05. The molecule has 108 valence electrons. The van der Waals surface area contributed by atoms with Crippen molar-refractivity contribution in [2.24, 2.45) is 0 Å². The number of nitriles is 1. The Bertz CT molecular complexity index is 642.